The van der Waals surface area contributed by atoms with Crippen LogP contribution in [-0.4, -0.2) is 20.4 Å². The van der Waals surface area contributed by atoms with E-state index in [1.165, 1.54) is 0 Å². The van der Waals surface area contributed by atoms with Gasteiger partial charge in [0.2, 0.25) is 10.0 Å². The predicted octanol–water partition coefficient (Wildman–Crippen LogP) is 4.59. The lowest BCUT2D eigenvalue weighted by Crippen LogP contribution is -2.41. The Balaban J connectivity index is 1.84. The van der Waals surface area contributed by atoms with Crippen molar-refractivity contribution in [1.29, 1.82) is 0 Å². The molecule has 0 aromatic heterocycles. The number of anilines is 1. The number of para-hydroxylation sites is 1. The quantitative estimate of drug-likeness (QED) is 0.737. The number of hydrogen-bond donors (Lipinski definition) is 2. The number of nitrogens with one attached hydrogen (secondary N) is 2. The molecule has 0 spiro atoms. The fourth-order valence-corrected chi connectivity index (χ4v) is 4.94. The second-order valence-electron chi connectivity index (χ2n) is 7.07. The van der Waals surface area contributed by atoms with Gasteiger partial charge in [0.05, 0.1) is 21.2 Å². The highest BCUT2D eigenvalue weighted by Gasteiger charge is 2.27. The van der Waals surface area contributed by atoms with E-state index < -0.39 is 21.7 Å². The molecule has 2 atom stereocenters. The van der Waals surface area contributed by atoms with Gasteiger partial charge in [-0.3, -0.25) is 4.79 Å². The van der Waals surface area contributed by atoms with E-state index in [0.717, 1.165) is 43.9 Å². The van der Waals surface area contributed by atoms with Crippen LogP contribution < -0.4 is 10.0 Å². The molecule has 0 bridgehead atoms. The smallest absolute Gasteiger partial charge is 0.258 e. The number of sulfonamides is 1. The van der Waals surface area contributed by atoms with Crippen LogP contribution in [0.4, 0.5) is 10.1 Å². The third-order valence-corrected chi connectivity index (χ3v) is 6.85. The number of hydrogen-bond acceptors (Lipinski definition) is 3. The number of carbonyl (C=O) groups excluding carboxylic acids is 1. The van der Waals surface area contributed by atoms with Gasteiger partial charge < -0.3 is 5.32 Å². The highest BCUT2D eigenvalue weighted by Crippen LogP contribution is 2.26. The molecule has 28 heavy (non-hydrogen) atoms. The number of rotatable bonds is 5. The van der Waals surface area contributed by atoms with Crippen molar-refractivity contribution < 1.29 is 17.6 Å². The molecule has 0 heterocycles. The Kier molecular flexibility index (Phi) is 6.37. The SMILES string of the molecule is C[C@H]1CCCC[C@H]1NS(=O)(=O)c1ccc(F)c(C(=O)Nc2ccccc2Cl)c1. The molecule has 1 aliphatic carbocycles. The van der Waals surface area contributed by atoms with Gasteiger partial charge >= 0.3 is 0 Å². The molecule has 0 unspecified atom stereocenters. The van der Waals surface area contributed by atoms with Crippen LogP contribution in [0.3, 0.4) is 0 Å². The summed E-state index contributed by atoms with van der Waals surface area (Å²) in [5, 5.41) is 2.81. The third-order valence-electron chi connectivity index (χ3n) is 5.03. The van der Waals surface area contributed by atoms with E-state index in [1.54, 1.807) is 24.3 Å². The molecule has 0 radical (unpaired) electrons. The lowest BCUT2D eigenvalue weighted by Gasteiger charge is -2.29. The molecule has 2 N–H and O–H groups in total. The van der Waals surface area contributed by atoms with Crippen molar-refractivity contribution in [3.05, 3.63) is 58.9 Å². The van der Waals surface area contributed by atoms with Crippen LogP contribution in [-0.2, 0) is 10.0 Å². The Bertz CT molecular complexity index is 981. The van der Waals surface area contributed by atoms with E-state index in [2.05, 4.69) is 10.0 Å². The summed E-state index contributed by atoms with van der Waals surface area (Å²) in [6.07, 6.45) is 3.78. The summed E-state index contributed by atoms with van der Waals surface area (Å²) in [4.78, 5) is 12.3. The summed E-state index contributed by atoms with van der Waals surface area (Å²) in [6.45, 7) is 2.01. The van der Waals surface area contributed by atoms with Crippen LogP contribution in [0.15, 0.2) is 47.4 Å². The van der Waals surface area contributed by atoms with Gasteiger partial charge in [-0.2, -0.15) is 0 Å². The Labute approximate surface area is 169 Å². The summed E-state index contributed by atoms with van der Waals surface area (Å²) in [5.74, 6) is -1.35. The maximum Gasteiger partial charge on any atom is 0.258 e. The first-order valence-corrected chi connectivity index (χ1v) is 11.0. The highest BCUT2D eigenvalue weighted by molar-refractivity contribution is 7.89. The zero-order valence-corrected chi connectivity index (χ0v) is 17.0. The van der Waals surface area contributed by atoms with Crippen molar-refractivity contribution in [3.8, 4) is 0 Å². The molecule has 1 amide bonds. The first-order valence-electron chi connectivity index (χ1n) is 9.15. The summed E-state index contributed by atoms with van der Waals surface area (Å²) < 4.78 is 42.4. The lowest BCUT2D eigenvalue weighted by molar-refractivity contribution is 0.102. The van der Waals surface area contributed by atoms with Crippen molar-refractivity contribution in [2.45, 2.75) is 43.5 Å². The summed E-state index contributed by atoms with van der Waals surface area (Å²) in [6, 6.07) is 9.57. The summed E-state index contributed by atoms with van der Waals surface area (Å²) >= 11 is 6.01. The van der Waals surface area contributed by atoms with Gasteiger partial charge in [-0.15, -0.1) is 0 Å². The molecule has 3 rings (SSSR count). The number of benzene rings is 2. The minimum atomic E-state index is -3.87. The molecule has 2 aromatic carbocycles. The second-order valence-corrected chi connectivity index (χ2v) is 9.19. The van der Waals surface area contributed by atoms with Crippen molar-refractivity contribution in [1.82, 2.24) is 4.72 Å². The zero-order chi connectivity index (χ0) is 20.3. The average molecular weight is 425 g/mol. The van der Waals surface area contributed by atoms with Crippen molar-refractivity contribution >= 4 is 33.2 Å². The normalized spacial score (nSPS) is 20.0. The van der Waals surface area contributed by atoms with Gasteiger partial charge in [-0.05, 0) is 49.1 Å². The predicted molar refractivity (Wildman–Crippen MR) is 108 cm³/mol. The largest absolute Gasteiger partial charge is 0.321 e. The Morgan fingerprint density at radius 3 is 2.57 bits per heavy atom. The van der Waals surface area contributed by atoms with Gasteiger partial charge in [0.15, 0.2) is 0 Å². The Hall–Kier alpha value is -1.96. The molecular weight excluding hydrogens is 403 g/mol. The van der Waals surface area contributed by atoms with Crippen LogP contribution in [0.5, 0.6) is 0 Å². The molecule has 8 heteroatoms. The van der Waals surface area contributed by atoms with Crippen LogP contribution >= 0.6 is 11.6 Å². The molecule has 2 aromatic rings. The van der Waals surface area contributed by atoms with Gasteiger partial charge in [0.25, 0.3) is 5.91 Å². The van der Waals surface area contributed by atoms with Gasteiger partial charge in [0, 0.05) is 6.04 Å². The van der Waals surface area contributed by atoms with Crippen LogP contribution in [0.2, 0.25) is 5.02 Å². The first-order chi connectivity index (χ1) is 13.3. The van der Waals surface area contributed by atoms with Crippen LogP contribution in [0.25, 0.3) is 0 Å². The molecule has 0 aliphatic heterocycles. The fraction of sp³-hybridized carbons (Fsp3) is 0.350. The average Bonchev–Trinajstić information content (AvgIpc) is 2.65. The van der Waals surface area contributed by atoms with E-state index >= 15 is 0 Å². The summed E-state index contributed by atoms with van der Waals surface area (Å²) in [7, 11) is -3.87. The topological polar surface area (TPSA) is 75.3 Å². The highest BCUT2D eigenvalue weighted by atomic mass is 35.5. The minimum Gasteiger partial charge on any atom is -0.321 e. The summed E-state index contributed by atoms with van der Waals surface area (Å²) in [5.41, 5.74) is -0.0459. The minimum absolute atomic E-state index is 0.143. The fourth-order valence-electron chi connectivity index (χ4n) is 3.36. The zero-order valence-electron chi connectivity index (χ0n) is 15.4. The molecule has 5 nitrogen and oxygen atoms in total. The Morgan fingerprint density at radius 2 is 1.86 bits per heavy atom. The van der Waals surface area contributed by atoms with Crippen molar-refractivity contribution in [2.24, 2.45) is 5.92 Å². The number of carbonyl (C=O) groups is 1. The third kappa shape index (κ3) is 4.71. The van der Waals surface area contributed by atoms with Crippen molar-refractivity contribution in [3.63, 3.8) is 0 Å². The number of amides is 1. The van der Waals surface area contributed by atoms with Crippen LogP contribution in [0.1, 0.15) is 43.0 Å². The van der Waals surface area contributed by atoms with E-state index in [4.69, 9.17) is 11.6 Å². The second kappa shape index (κ2) is 8.59. The van der Waals surface area contributed by atoms with E-state index in [1.807, 2.05) is 6.92 Å². The first kappa shape index (κ1) is 20.8. The van der Waals surface area contributed by atoms with E-state index in [0.29, 0.717) is 10.7 Å². The van der Waals surface area contributed by atoms with Crippen LogP contribution in [0, 0.1) is 11.7 Å². The molecule has 0 saturated heterocycles. The molecule has 150 valence electrons. The van der Waals surface area contributed by atoms with Gasteiger partial charge in [-0.1, -0.05) is 43.5 Å². The maximum absolute atomic E-state index is 14.2. The monoisotopic (exact) mass is 424 g/mol. The lowest BCUT2D eigenvalue weighted by atomic mass is 9.87. The maximum atomic E-state index is 14.2. The Morgan fingerprint density at radius 1 is 1.14 bits per heavy atom. The van der Waals surface area contributed by atoms with Gasteiger partial charge in [-0.25, -0.2) is 17.5 Å². The molecule has 1 fully saturated rings. The van der Waals surface area contributed by atoms with E-state index in [9.17, 15) is 17.6 Å². The molecular formula is C20H22ClFN2O3S. The van der Waals surface area contributed by atoms with Gasteiger partial charge in [0.1, 0.15) is 5.82 Å². The number of halogens is 2. The molecule has 1 aliphatic rings. The van der Waals surface area contributed by atoms with Crippen molar-refractivity contribution in [2.75, 3.05) is 5.32 Å². The standard InChI is InChI=1S/C20H22ClFN2O3S/c1-13-6-2-4-8-18(13)24-28(26,27)14-10-11-17(22)15(12-14)20(25)23-19-9-5-3-7-16(19)21/h3,5,7,9-13,18,24H,2,4,6,8H2,1H3,(H,23,25)/t13-,18+/m0/s1. The van der Waals surface area contributed by atoms with E-state index in [-0.39, 0.29) is 22.4 Å². The molecule has 1 saturated carbocycles.